The van der Waals surface area contributed by atoms with Gasteiger partial charge in [0.1, 0.15) is 5.76 Å². The fourth-order valence-corrected chi connectivity index (χ4v) is 4.09. The maximum atomic E-state index is 12.9. The molecule has 0 unspecified atom stereocenters. The van der Waals surface area contributed by atoms with Crippen LogP contribution in [0.1, 0.15) is 63.0 Å². The average Bonchev–Trinajstić information content (AvgIpc) is 3.35. The molecule has 0 aromatic carbocycles. The summed E-state index contributed by atoms with van der Waals surface area (Å²) in [5.41, 5.74) is 1.04. The smallest absolute Gasteiger partial charge is 0.289 e. The summed E-state index contributed by atoms with van der Waals surface area (Å²) in [5.74, 6) is 1.10. The van der Waals surface area contributed by atoms with Crippen LogP contribution in [0.5, 0.6) is 0 Å². The van der Waals surface area contributed by atoms with Gasteiger partial charge in [0.05, 0.1) is 25.3 Å². The Bertz CT molecular complexity index is 875. The number of ether oxygens (including phenoxy) is 1. The lowest BCUT2D eigenvalue weighted by Gasteiger charge is -2.34. The molecule has 7 nitrogen and oxygen atoms in total. The van der Waals surface area contributed by atoms with Crippen LogP contribution in [0, 0.1) is 5.92 Å². The monoisotopic (exact) mass is 429 g/mol. The molecule has 170 valence electrons. The maximum absolute atomic E-state index is 12.9. The molecule has 31 heavy (non-hydrogen) atoms. The van der Waals surface area contributed by atoms with E-state index in [4.69, 9.17) is 9.15 Å². The van der Waals surface area contributed by atoms with E-state index in [1.807, 2.05) is 57.0 Å². The molecule has 1 aliphatic heterocycles. The molecule has 0 saturated carbocycles. The van der Waals surface area contributed by atoms with E-state index in [2.05, 4.69) is 11.5 Å². The highest BCUT2D eigenvalue weighted by molar-refractivity contribution is 5.91. The standard InChI is InChI=1S/C24H35N3O4/c1-6-11-26(23(28)17(2)3)15-20-8-7-12-25(20)16-21-9-10-22(31-21)24(29)27-13-18(4)30-19(5)14-27/h7-10,12,17-19H,6,11,13-16H2,1-5H3/t18-,19-/m1/s1. The first-order chi connectivity index (χ1) is 14.8. The molecule has 2 atom stereocenters. The number of hydrogen-bond donors (Lipinski definition) is 0. The van der Waals surface area contributed by atoms with E-state index in [9.17, 15) is 9.59 Å². The first-order valence-corrected chi connectivity index (χ1v) is 11.2. The normalized spacial score (nSPS) is 19.1. The van der Waals surface area contributed by atoms with Crippen molar-refractivity contribution in [3.05, 3.63) is 47.7 Å². The van der Waals surface area contributed by atoms with Crippen molar-refractivity contribution in [2.24, 2.45) is 5.92 Å². The maximum Gasteiger partial charge on any atom is 0.289 e. The van der Waals surface area contributed by atoms with Crippen molar-refractivity contribution in [1.29, 1.82) is 0 Å². The third-order valence-corrected chi connectivity index (χ3v) is 5.48. The van der Waals surface area contributed by atoms with Gasteiger partial charge in [0, 0.05) is 37.4 Å². The van der Waals surface area contributed by atoms with Crippen molar-refractivity contribution in [3.63, 3.8) is 0 Å². The third kappa shape index (κ3) is 5.79. The van der Waals surface area contributed by atoms with Crippen molar-refractivity contribution < 1.29 is 18.7 Å². The predicted molar refractivity (Wildman–Crippen MR) is 119 cm³/mol. The van der Waals surface area contributed by atoms with Crippen molar-refractivity contribution in [2.75, 3.05) is 19.6 Å². The van der Waals surface area contributed by atoms with E-state index in [1.165, 1.54) is 0 Å². The second-order valence-electron chi connectivity index (χ2n) is 8.78. The molecule has 0 radical (unpaired) electrons. The van der Waals surface area contributed by atoms with Crippen molar-refractivity contribution in [1.82, 2.24) is 14.4 Å². The van der Waals surface area contributed by atoms with Gasteiger partial charge in [-0.3, -0.25) is 9.59 Å². The summed E-state index contributed by atoms with van der Waals surface area (Å²) in [6, 6.07) is 7.61. The van der Waals surface area contributed by atoms with E-state index in [0.717, 1.165) is 18.7 Å². The highest BCUT2D eigenvalue weighted by Crippen LogP contribution is 2.18. The number of furan rings is 1. The van der Waals surface area contributed by atoms with E-state index in [1.54, 1.807) is 11.0 Å². The van der Waals surface area contributed by atoms with E-state index in [0.29, 0.717) is 37.7 Å². The summed E-state index contributed by atoms with van der Waals surface area (Å²) in [6.45, 7) is 12.8. The van der Waals surface area contributed by atoms with Crippen LogP contribution in [0.4, 0.5) is 0 Å². The van der Waals surface area contributed by atoms with Gasteiger partial charge in [-0.25, -0.2) is 0 Å². The van der Waals surface area contributed by atoms with Gasteiger partial charge in [-0.15, -0.1) is 0 Å². The minimum atomic E-state index is -0.0994. The van der Waals surface area contributed by atoms with Crippen LogP contribution < -0.4 is 0 Å². The lowest BCUT2D eigenvalue weighted by Crippen LogP contribution is -2.48. The Morgan fingerprint density at radius 3 is 2.52 bits per heavy atom. The molecule has 0 spiro atoms. The number of morpholine rings is 1. The number of carbonyl (C=O) groups excluding carboxylic acids is 2. The Hall–Kier alpha value is -2.54. The first-order valence-electron chi connectivity index (χ1n) is 11.2. The predicted octanol–water partition coefficient (Wildman–Crippen LogP) is 3.77. The van der Waals surface area contributed by atoms with E-state index < -0.39 is 0 Å². The first kappa shape index (κ1) is 23.1. The number of aromatic nitrogens is 1. The topological polar surface area (TPSA) is 67.9 Å². The molecule has 1 aliphatic rings. The molecule has 0 aliphatic carbocycles. The van der Waals surface area contributed by atoms with E-state index in [-0.39, 0.29) is 29.9 Å². The van der Waals surface area contributed by atoms with Crippen LogP contribution in [-0.4, -0.2) is 58.0 Å². The van der Waals surface area contributed by atoms with Crippen molar-refractivity contribution in [2.45, 2.75) is 66.3 Å². The van der Waals surface area contributed by atoms with Gasteiger partial charge in [0.15, 0.2) is 5.76 Å². The van der Waals surface area contributed by atoms with Crippen LogP contribution >= 0.6 is 0 Å². The van der Waals surface area contributed by atoms with Gasteiger partial charge in [-0.05, 0) is 44.5 Å². The second kappa shape index (κ2) is 10.2. The molecule has 2 amide bonds. The lowest BCUT2D eigenvalue weighted by atomic mass is 10.2. The zero-order valence-corrected chi connectivity index (χ0v) is 19.3. The number of hydrogen-bond acceptors (Lipinski definition) is 4. The van der Waals surface area contributed by atoms with Gasteiger partial charge in [0.2, 0.25) is 5.91 Å². The Morgan fingerprint density at radius 1 is 1.16 bits per heavy atom. The zero-order valence-electron chi connectivity index (χ0n) is 19.3. The number of rotatable bonds is 8. The molecule has 3 rings (SSSR count). The molecule has 3 heterocycles. The number of carbonyl (C=O) groups is 2. The molecular formula is C24H35N3O4. The Morgan fingerprint density at radius 2 is 1.87 bits per heavy atom. The summed E-state index contributed by atoms with van der Waals surface area (Å²) >= 11 is 0. The molecule has 1 saturated heterocycles. The Balaban J connectivity index is 1.68. The minimum Gasteiger partial charge on any atom is -0.454 e. The molecule has 0 N–H and O–H groups in total. The molecule has 2 aromatic rings. The van der Waals surface area contributed by atoms with E-state index >= 15 is 0 Å². The average molecular weight is 430 g/mol. The summed E-state index contributed by atoms with van der Waals surface area (Å²) in [6.07, 6.45) is 2.93. The third-order valence-electron chi connectivity index (χ3n) is 5.48. The molecule has 1 fully saturated rings. The van der Waals surface area contributed by atoms with Gasteiger partial charge in [-0.1, -0.05) is 20.8 Å². The van der Waals surface area contributed by atoms with Crippen molar-refractivity contribution >= 4 is 11.8 Å². The molecule has 7 heteroatoms. The van der Waals surface area contributed by atoms with Crippen LogP contribution in [0.2, 0.25) is 0 Å². The Labute approximate surface area is 184 Å². The lowest BCUT2D eigenvalue weighted by molar-refractivity contribution is -0.135. The number of nitrogens with zero attached hydrogens (tertiary/aromatic N) is 3. The SMILES string of the molecule is CCCN(Cc1cccn1Cc1ccc(C(=O)N2C[C@@H](C)O[C@H](C)C2)o1)C(=O)C(C)C. The summed E-state index contributed by atoms with van der Waals surface area (Å²) in [4.78, 5) is 29.1. The highest BCUT2D eigenvalue weighted by atomic mass is 16.5. The quantitative estimate of drug-likeness (QED) is 0.641. The van der Waals surface area contributed by atoms with Crippen LogP contribution in [0.15, 0.2) is 34.9 Å². The fraction of sp³-hybridized carbons (Fsp3) is 0.583. The summed E-state index contributed by atoms with van der Waals surface area (Å²) in [7, 11) is 0. The van der Waals surface area contributed by atoms with Crippen LogP contribution in [0.25, 0.3) is 0 Å². The van der Waals surface area contributed by atoms with Gasteiger partial charge >= 0.3 is 0 Å². The largest absolute Gasteiger partial charge is 0.454 e. The molecule has 2 aromatic heterocycles. The molecule has 0 bridgehead atoms. The van der Waals surface area contributed by atoms with Crippen molar-refractivity contribution in [3.8, 4) is 0 Å². The minimum absolute atomic E-state index is 0.0178. The summed E-state index contributed by atoms with van der Waals surface area (Å²) in [5, 5.41) is 0. The number of amides is 2. The Kier molecular flexibility index (Phi) is 7.59. The highest BCUT2D eigenvalue weighted by Gasteiger charge is 2.28. The molecular weight excluding hydrogens is 394 g/mol. The van der Waals surface area contributed by atoms with Gasteiger partial charge < -0.3 is 23.5 Å². The second-order valence-corrected chi connectivity index (χ2v) is 8.78. The zero-order chi connectivity index (χ0) is 22.5. The van der Waals surface area contributed by atoms with Crippen LogP contribution in [-0.2, 0) is 22.6 Å². The van der Waals surface area contributed by atoms with Gasteiger partial charge in [0.25, 0.3) is 5.91 Å². The van der Waals surface area contributed by atoms with Gasteiger partial charge in [-0.2, -0.15) is 0 Å². The summed E-state index contributed by atoms with van der Waals surface area (Å²) < 4.78 is 13.7. The van der Waals surface area contributed by atoms with Crippen LogP contribution in [0.3, 0.4) is 0 Å². The fourth-order valence-electron chi connectivity index (χ4n) is 4.09.